The third kappa shape index (κ3) is 2.22. The maximum Gasteiger partial charge on any atom is 0.192 e. The lowest BCUT2D eigenvalue weighted by Gasteiger charge is -2.27. The van der Waals surface area contributed by atoms with E-state index in [-0.39, 0.29) is 6.04 Å². The van der Waals surface area contributed by atoms with Gasteiger partial charge in [0.25, 0.3) is 0 Å². The van der Waals surface area contributed by atoms with E-state index in [9.17, 15) is 0 Å². The minimum Gasteiger partial charge on any atom is -0.376 e. The molecule has 2 aliphatic heterocycles. The molecule has 3 heterocycles. The van der Waals surface area contributed by atoms with Crippen LogP contribution in [0.2, 0.25) is 0 Å². The Morgan fingerprint density at radius 1 is 1.61 bits per heavy atom. The third-order valence-corrected chi connectivity index (χ3v) is 4.51. The van der Waals surface area contributed by atoms with E-state index in [0.29, 0.717) is 18.6 Å². The number of aromatic nitrogens is 1. The molecule has 2 aliphatic rings. The fraction of sp³-hybridized carbons (Fsp3) is 0.667. The van der Waals surface area contributed by atoms with Gasteiger partial charge in [-0.25, -0.2) is 4.98 Å². The van der Waals surface area contributed by atoms with Crippen LogP contribution in [-0.4, -0.2) is 41.6 Å². The minimum atomic E-state index is 0.202. The van der Waals surface area contributed by atoms with E-state index in [1.54, 1.807) is 11.3 Å². The van der Waals surface area contributed by atoms with Gasteiger partial charge in [0.05, 0.1) is 12.6 Å². The molecule has 0 amide bonds. The van der Waals surface area contributed by atoms with Gasteiger partial charge < -0.3 is 15.4 Å². The number of guanidine groups is 1. The van der Waals surface area contributed by atoms with Crippen molar-refractivity contribution >= 4 is 17.3 Å². The molecule has 2 unspecified atom stereocenters. The van der Waals surface area contributed by atoms with Crippen LogP contribution < -0.4 is 5.73 Å². The summed E-state index contributed by atoms with van der Waals surface area (Å²) < 4.78 is 5.68. The Labute approximate surface area is 111 Å². The molecular weight excluding hydrogens is 248 g/mol. The van der Waals surface area contributed by atoms with Crippen molar-refractivity contribution in [3.05, 3.63) is 16.1 Å². The van der Waals surface area contributed by atoms with E-state index < -0.39 is 0 Å². The van der Waals surface area contributed by atoms with Crippen molar-refractivity contribution in [3.63, 3.8) is 0 Å². The number of rotatable bonds is 3. The van der Waals surface area contributed by atoms with Crippen molar-refractivity contribution in [2.24, 2.45) is 10.7 Å². The van der Waals surface area contributed by atoms with Crippen LogP contribution in [0.15, 0.2) is 10.4 Å². The van der Waals surface area contributed by atoms with Crippen LogP contribution in [0.5, 0.6) is 0 Å². The van der Waals surface area contributed by atoms with Crippen molar-refractivity contribution in [3.8, 4) is 0 Å². The van der Waals surface area contributed by atoms with Crippen LogP contribution in [0, 0.1) is 6.92 Å². The standard InChI is InChI=1S/C12H18N4OS/c1-8-7-18-11(15-8)10-5-14-12(13)16(10)6-9-3-2-4-17-9/h7,9-10H,2-6H2,1H3,(H2,13,14). The molecule has 2 atom stereocenters. The number of aryl methyl sites for hydroxylation is 1. The van der Waals surface area contributed by atoms with Gasteiger partial charge in [-0.2, -0.15) is 0 Å². The maximum atomic E-state index is 5.99. The van der Waals surface area contributed by atoms with Crippen LogP contribution in [-0.2, 0) is 4.74 Å². The zero-order valence-corrected chi connectivity index (χ0v) is 11.3. The Morgan fingerprint density at radius 2 is 2.50 bits per heavy atom. The van der Waals surface area contributed by atoms with Crippen molar-refractivity contribution in [1.82, 2.24) is 9.88 Å². The summed E-state index contributed by atoms with van der Waals surface area (Å²) in [7, 11) is 0. The number of ether oxygens (including phenoxy) is 1. The second kappa shape index (κ2) is 4.85. The van der Waals surface area contributed by atoms with Crippen LogP contribution >= 0.6 is 11.3 Å². The molecule has 0 aromatic carbocycles. The molecule has 5 nitrogen and oxygen atoms in total. The lowest BCUT2D eigenvalue weighted by Crippen LogP contribution is -2.41. The smallest absolute Gasteiger partial charge is 0.192 e. The lowest BCUT2D eigenvalue weighted by atomic mass is 10.2. The Balaban J connectivity index is 1.74. The van der Waals surface area contributed by atoms with E-state index >= 15 is 0 Å². The average molecular weight is 266 g/mol. The fourth-order valence-corrected chi connectivity index (χ4v) is 3.39. The SMILES string of the molecule is Cc1csc(C2CN=C(N)N2CC2CCCO2)n1. The highest BCUT2D eigenvalue weighted by atomic mass is 32.1. The fourth-order valence-electron chi connectivity index (χ4n) is 2.49. The second-order valence-electron chi connectivity index (χ2n) is 4.83. The Bertz CT molecular complexity index is 453. The van der Waals surface area contributed by atoms with E-state index in [1.807, 2.05) is 6.92 Å². The van der Waals surface area contributed by atoms with Crippen LogP contribution in [0.1, 0.15) is 29.6 Å². The second-order valence-corrected chi connectivity index (χ2v) is 5.72. The van der Waals surface area contributed by atoms with Gasteiger partial charge in [0, 0.05) is 24.2 Å². The third-order valence-electron chi connectivity index (χ3n) is 3.44. The number of nitrogens with two attached hydrogens (primary N) is 1. The lowest BCUT2D eigenvalue weighted by molar-refractivity contribution is 0.0852. The molecule has 3 rings (SSSR count). The van der Waals surface area contributed by atoms with Gasteiger partial charge in [-0.15, -0.1) is 11.3 Å². The van der Waals surface area contributed by atoms with Gasteiger partial charge in [-0.05, 0) is 19.8 Å². The zero-order valence-electron chi connectivity index (χ0n) is 10.5. The monoisotopic (exact) mass is 266 g/mol. The molecule has 1 aromatic rings. The quantitative estimate of drug-likeness (QED) is 0.895. The highest BCUT2D eigenvalue weighted by Gasteiger charge is 2.32. The number of thiazole rings is 1. The Morgan fingerprint density at radius 3 is 3.17 bits per heavy atom. The van der Waals surface area contributed by atoms with Crippen molar-refractivity contribution in [2.75, 3.05) is 19.7 Å². The van der Waals surface area contributed by atoms with Crippen LogP contribution in [0.4, 0.5) is 0 Å². The molecule has 18 heavy (non-hydrogen) atoms. The van der Waals surface area contributed by atoms with Gasteiger partial charge in [-0.3, -0.25) is 4.99 Å². The zero-order chi connectivity index (χ0) is 12.5. The molecule has 1 aromatic heterocycles. The summed E-state index contributed by atoms with van der Waals surface area (Å²) in [5.74, 6) is 0.628. The first-order valence-electron chi connectivity index (χ1n) is 6.34. The van der Waals surface area contributed by atoms with Crippen molar-refractivity contribution < 1.29 is 4.74 Å². The van der Waals surface area contributed by atoms with Gasteiger partial charge in [0.15, 0.2) is 5.96 Å². The molecule has 1 saturated heterocycles. The predicted molar refractivity (Wildman–Crippen MR) is 71.8 cm³/mol. The van der Waals surface area contributed by atoms with E-state index in [4.69, 9.17) is 10.5 Å². The molecular formula is C12H18N4OS. The first kappa shape index (κ1) is 11.9. The van der Waals surface area contributed by atoms with Crippen LogP contribution in [0.25, 0.3) is 0 Å². The molecule has 2 N–H and O–H groups in total. The Hall–Kier alpha value is -1.14. The predicted octanol–water partition coefficient (Wildman–Crippen LogP) is 1.30. The van der Waals surface area contributed by atoms with Crippen molar-refractivity contribution in [2.45, 2.75) is 31.9 Å². The highest BCUT2D eigenvalue weighted by molar-refractivity contribution is 7.09. The highest BCUT2D eigenvalue weighted by Crippen LogP contribution is 2.29. The summed E-state index contributed by atoms with van der Waals surface area (Å²) in [5, 5.41) is 3.18. The van der Waals surface area contributed by atoms with Gasteiger partial charge in [0.2, 0.25) is 0 Å². The molecule has 0 aliphatic carbocycles. The summed E-state index contributed by atoms with van der Waals surface area (Å²) in [5.41, 5.74) is 7.06. The first-order chi connectivity index (χ1) is 8.74. The summed E-state index contributed by atoms with van der Waals surface area (Å²) in [6.45, 7) is 4.43. The van der Waals surface area contributed by atoms with Gasteiger partial charge in [-0.1, -0.05) is 0 Å². The van der Waals surface area contributed by atoms with Gasteiger partial charge >= 0.3 is 0 Å². The molecule has 98 valence electrons. The summed E-state index contributed by atoms with van der Waals surface area (Å²) in [6, 6.07) is 0.202. The number of hydrogen-bond donors (Lipinski definition) is 1. The molecule has 0 spiro atoms. The number of nitrogens with zero attached hydrogens (tertiary/aromatic N) is 3. The maximum absolute atomic E-state index is 5.99. The van der Waals surface area contributed by atoms with E-state index in [1.165, 1.54) is 0 Å². The molecule has 6 heteroatoms. The number of hydrogen-bond acceptors (Lipinski definition) is 6. The Kier molecular flexibility index (Phi) is 3.22. The molecule has 0 saturated carbocycles. The first-order valence-corrected chi connectivity index (χ1v) is 7.22. The number of aliphatic imine (C=N–C) groups is 1. The van der Waals surface area contributed by atoms with Gasteiger partial charge in [0.1, 0.15) is 11.0 Å². The topological polar surface area (TPSA) is 63.7 Å². The van der Waals surface area contributed by atoms with E-state index in [0.717, 1.165) is 36.7 Å². The largest absolute Gasteiger partial charge is 0.376 e. The van der Waals surface area contributed by atoms with E-state index in [2.05, 4.69) is 20.3 Å². The summed E-state index contributed by atoms with van der Waals surface area (Å²) in [6.07, 6.45) is 2.56. The molecule has 0 bridgehead atoms. The molecule has 0 radical (unpaired) electrons. The molecule has 1 fully saturated rings. The van der Waals surface area contributed by atoms with Crippen LogP contribution in [0.3, 0.4) is 0 Å². The summed E-state index contributed by atoms with van der Waals surface area (Å²) in [4.78, 5) is 11.1. The van der Waals surface area contributed by atoms with Crippen molar-refractivity contribution in [1.29, 1.82) is 0 Å². The minimum absolute atomic E-state index is 0.202. The normalized spacial score (nSPS) is 27.8. The summed E-state index contributed by atoms with van der Waals surface area (Å²) >= 11 is 1.69. The average Bonchev–Trinajstić information content (AvgIpc) is 3.04.